The molecule has 0 fully saturated rings. The molecular weight excluding hydrogens is 356 g/mol. The number of carbonyl (C=O) groups is 3. The predicted molar refractivity (Wildman–Crippen MR) is 95.9 cm³/mol. The number of nitrogens with zero attached hydrogens (tertiary/aromatic N) is 1. The molecule has 1 N–H and O–H groups in total. The van der Waals surface area contributed by atoms with E-state index in [-0.39, 0.29) is 23.7 Å². The van der Waals surface area contributed by atoms with Crippen LogP contribution in [0.5, 0.6) is 11.6 Å². The van der Waals surface area contributed by atoms with Crippen molar-refractivity contribution in [3.05, 3.63) is 17.8 Å². The lowest BCUT2D eigenvalue weighted by atomic mass is 10.2. The predicted octanol–water partition coefficient (Wildman–Crippen LogP) is 2.48. The zero-order chi connectivity index (χ0) is 20.4. The average Bonchev–Trinajstić information content (AvgIpc) is 2.59. The number of ether oxygens (including phenoxy) is 4. The molecular formula is C18H26N2O7. The van der Waals surface area contributed by atoms with Crippen molar-refractivity contribution in [3.8, 4) is 11.6 Å². The van der Waals surface area contributed by atoms with E-state index in [4.69, 9.17) is 18.9 Å². The number of methoxy groups -OCH3 is 1. The van der Waals surface area contributed by atoms with Crippen molar-refractivity contribution in [1.29, 1.82) is 0 Å². The lowest BCUT2D eigenvalue weighted by Crippen LogP contribution is -2.36. The van der Waals surface area contributed by atoms with E-state index in [1.807, 2.05) is 6.92 Å². The van der Waals surface area contributed by atoms with Crippen LogP contribution in [0, 0.1) is 0 Å². The van der Waals surface area contributed by atoms with E-state index < -0.39 is 23.6 Å². The second-order valence-electron chi connectivity index (χ2n) is 6.55. The third kappa shape index (κ3) is 8.39. The number of pyridine rings is 1. The third-order valence-corrected chi connectivity index (χ3v) is 2.99. The Morgan fingerprint density at radius 1 is 1.22 bits per heavy atom. The molecule has 0 saturated carbocycles. The number of esters is 2. The minimum absolute atomic E-state index is 0.0763. The number of unbranched alkanes of at least 4 members (excludes halogenated alkanes) is 1. The summed E-state index contributed by atoms with van der Waals surface area (Å²) in [7, 11) is 1.34. The molecule has 9 heteroatoms. The van der Waals surface area contributed by atoms with Crippen LogP contribution in [0.25, 0.3) is 0 Å². The van der Waals surface area contributed by atoms with Crippen LogP contribution in [0.4, 0.5) is 4.79 Å². The maximum atomic E-state index is 11.9. The molecule has 1 amide bonds. The fraction of sp³-hybridized carbons (Fsp3) is 0.556. The van der Waals surface area contributed by atoms with Gasteiger partial charge in [-0.25, -0.2) is 14.6 Å². The molecule has 0 spiro atoms. The first-order chi connectivity index (χ1) is 12.7. The van der Waals surface area contributed by atoms with Gasteiger partial charge in [0, 0.05) is 12.3 Å². The highest BCUT2D eigenvalue weighted by Gasteiger charge is 2.19. The van der Waals surface area contributed by atoms with Crippen LogP contribution in [0.3, 0.4) is 0 Å². The van der Waals surface area contributed by atoms with E-state index in [1.54, 1.807) is 20.8 Å². The molecule has 0 aromatic carbocycles. The maximum absolute atomic E-state index is 11.9. The molecule has 0 atom stereocenters. The van der Waals surface area contributed by atoms with Gasteiger partial charge in [-0.3, -0.25) is 4.79 Å². The highest BCUT2D eigenvalue weighted by Crippen LogP contribution is 2.25. The van der Waals surface area contributed by atoms with Gasteiger partial charge in [-0.05, 0) is 27.2 Å². The number of hydrogen-bond donors (Lipinski definition) is 1. The van der Waals surface area contributed by atoms with Crippen LogP contribution in [0.1, 0.15) is 50.9 Å². The van der Waals surface area contributed by atoms with E-state index in [0.29, 0.717) is 6.61 Å². The normalized spacial score (nSPS) is 10.7. The van der Waals surface area contributed by atoms with Gasteiger partial charge in [-0.15, -0.1) is 0 Å². The second kappa shape index (κ2) is 10.3. The lowest BCUT2D eigenvalue weighted by Gasteiger charge is -2.19. The first kappa shape index (κ1) is 22.2. The van der Waals surface area contributed by atoms with E-state index in [9.17, 15) is 14.4 Å². The first-order valence-corrected chi connectivity index (χ1v) is 8.55. The van der Waals surface area contributed by atoms with Gasteiger partial charge >= 0.3 is 18.0 Å². The third-order valence-electron chi connectivity index (χ3n) is 2.99. The van der Waals surface area contributed by atoms with E-state index in [2.05, 4.69) is 10.3 Å². The van der Waals surface area contributed by atoms with E-state index in [0.717, 1.165) is 12.8 Å². The number of aromatic nitrogens is 1. The van der Waals surface area contributed by atoms with Crippen LogP contribution < -0.4 is 14.8 Å². The SMILES string of the molecule is CCCCOC(=O)c1cnc(OC(=O)NCC(=O)OC(C)(C)C)c(OC)c1. The maximum Gasteiger partial charge on any atom is 0.414 e. The second-order valence-corrected chi connectivity index (χ2v) is 6.55. The van der Waals surface area contributed by atoms with Crippen molar-refractivity contribution in [3.63, 3.8) is 0 Å². The van der Waals surface area contributed by atoms with E-state index in [1.165, 1.54) is 19.4 Å². The Morgan fingerprint density at radius 3 is 2.52 bits per heavy atom. The summed E-state index contributed by atoms with van der Waals surface area (Å²) >= 11 is 0. The Morgan fingerprint density at radius 2 is 1.93 bits per heavy atom. The van der Waals surface area contributed by atoms with Gasteiger partial charge in [-0.1, -0.05) is 13.3 Å². The van der Waals surface area contributed by atoms with Crippen LogP contribution in [0.15, 0.2) is 12.3 Å². The first-order valence-electron chi connectivity index (χ1n) is 8.55. The summed E-state index contributed by atoms with van der Waals surface area (Å²) in [5.74, 6) is -1.23. The topological polar surface area (TPSA) is 113 Å². The Bertz CT molecular complexity index is 668. The molecule has 0 radical (unpaired) electrons. The lowest BCUT2D eigenvalue weighted by molar-refractivity contribution is -0.153. The number of nitrogens with one attached hydrogen (secondary N) is 1. The van der Waals surface area contributed by atoms with Gasteiger partial charge in [0.2, 0.25) is 0 Å². The Balaban J connectivity index is 2.65. The van der Waals surface area contributed by atoms with Crippen molar-refractivity contribution >= 4 is 18.0 Å². The van der Waals surface area contributed by atoms with Crippen molar-refractivity contribution < 1.29 is 33.3 Å². The molecule has 0 aliphatic heterocycles. The van der Waals surface area contributed by atoms with Crippen molar-refractivity contribution in [1.82, 2.24) is 10.3 Å². The van der Waals surface area contributed by atoms with Gasteiger partial charge in [0.15, 0.2) is 5.75 Å². The van der Waals surface area contributed by atoms with Crippen LogP contribution in [0.2, 0.25) is 0 Å². The summed E-state index contributed by atoms with van der Waals surface area (Å²) in [6, 6.07) is 1.36. The van der Waals surface area contributed by atoms with Gasteiger partial charge in [-0.2, -0.15) is 0 Å². The summed E-state index contributed by atoms with van der Waals surface area (Å²) in [4.78, 5) is 39.2. The molecule has 150 valence electrons. The fourth-order valence-corrected chi connectivity index (χ4v) is 1.80. The standard InChI is InChI=1S/C18H26N2O7/c1-6-7-8-25-16(22)12-9-13(24-5)15(19-10-12)26-17(23)20-11-14(21)27-18(2,3)4/h9-10H,6-8,11H2,1-5H3,(H,20,23). The summed E-state index contributed by atoms with van der Waals surface area (Å²) in [5, 5.41) is 2.25. The highest BCUT2D eigenvalue weighted by atomic mass is 16.6. The number of carbonyl (C=O) groups excluding carboxylic acids is 3. The molecule has 9 nitrogen and oxygen atoms in total. The summed E-state index contributed by atoms with van der Waals surface area (Å²) in [6.45, 7) is 7.08. The Kier molecular flexibility index (Phi) is 8.50. The zero-order valence-corrected chi connectivity index (χ0v) is 16.3. The molecule has 1 rings (SSSR count). The van der Waals surface area contributed by atoms with Gasteiger partial charge in [0.25, 0.3) is 5.88 Å². The molecule has 0 unspecified atom stereocenters. The summed E-state index contributed by atoms with van der Waals surface area (Å²) in [5.41, 5.74) is -0.487. The molecule has 1 aromatic rings. The van der Waals surface area contributed by atoms with Crippen molar-refractivity contribution in [2.24, 2.45) is 0 Å². The summed E-state index contributed by atoms with van der Waals surface area (Å²) in [6.07, 6.45) is 1.97. The quantitative estimate of drug-likeness (QED) is 0.539. The minimum atomic E-state index is -0.912. The molecule has 1 aromatic heterocycles. The zero-order valence-electron chi connectivity index (χ0n) is 16.3. The van der Waals surface area contributed by atoms with Crippen LogP contribution in [-0.2, 0) is 14.3 Å². The smallest absolute Gasteiger partial charge is 0.414 e. The average molecular weight is 382 g/mol. The molecule has 0 bridgehead atoms. The van der Waals surface area contributed by atoms with Gasteiger partial charge in [0.05, 0.1) is 19.3 Å². The van der Waals surface area contributed by atoms with Gasteiger partial charge < -0.3 is 24.3 Å². The largest absolute Gasteiger partial charge is 0.491 e. The molecule has 0 aliphatic carbocycles. The van der Waals surface area contributed by atoms with Gasteiger partial charge in [0.1, 0.15) is 12.1 Å². The molecule has 27 heavy (non-hydrogen) atoms. The fourth-order valence-electron chi connectivity index (χ4n) is 1.80. The molecule has 0 aliphatic rings. The number of rotatable bonds is 8. The summed E-state index contributed by atoms with van der Waals surface area (Å²) < 4.78 is 20.2. The van der Waals surface area contributed by atoms with Crippen molar-refractivity contribution in [2.45, 2.75) is 46.1 Å². The number of hydrogen-bond acceptors (Lipinski definition) is 8. The van der Waals surface area contributed by atoms with Crippen LogP contribution in [-0.4, -0.2) is 48.9 Å². The molecule has 1 heterocycles. The number of amides is 1. The van der Waals surface area contributed by atoms with Crippen molar-refractivity contribution in [2.75, 3.05) is 20.3 Å². The minimum Gasteiger partial charge on any atom is -0.491 e. The Hall–Kier alpha value is -2.84. The highest BCUT2D eigenvalue weighted by molar-refractivity contribution is 5.89. The monoisotopic (exact) mass is 382 g/mol. The van der Waals surface area contributed by atoms with E-state index >= 15 is 0 Å². The Labute approximate surface area is 158 Å². The van der Waals surface area contributed by atoms with Crippen LogP contribution >= 0.6 is 0 Å². The molecule has 0 saturated heterocycles.